The molecule has 6 unspecified atom stereocenters. The molecule has 0 aromatic rings. The highest BCUT2D eigenvalue weighted by Gasteiger charge is 2.30. The van der Waals surface area contributed by atoms with Gasteiger partial charge in [-0.05, 0) is 49.4 Å². The van der Waals surface area contributed by atoms with Gasteiger partial charge in [0.25, 0.3) is 0 Å². The summed E-state index contributed by atoms with van der Waals surface area (Å²) in [5.41, 5.74) is 0. The van der Waals surface area contributed by atoms with E-state index in [-0.39, 0.29) is 25.7 Å². The van der Waals surface area contributed by atoms with Gasteiger partial charge in [0, 0.05) is 25.7 Å². The minimum atomic E-state index is -4.96. The first-order chi connectivity index (χ1) is 45.2. The van der Waals surface area contributed by atoms with E-state index in [0.717, 1.165) is 114 Å². The first kappa shape index (κ1) is 92.1. The summed E-state index contributed by atoms with van der Waals surface area (Å²) in [6.07, 6.45) is 48.8. The molecular formula is C75H146O17P2. The van der Waals surface area contributed by atoms with E-state index < -0.39 is 97.5 Å². The summed E-state index contributed by atoms with van der Waals surface area (Å²) < 4.78 is 68.4. The number of aliphatic hydroxyl groups excluding tert-OH is 1. The number of carbonyl (C=O) groups excluding carboxylic acids is 4. The molecule has 94 heavy (non-hydrogen) atoms. The van der Waals surface area contributed by atoms with Gasteiger partial charge in [-0.1, -0.05) is 325 Å². The van der Waals surface area contributed by atoms with Crippen LogP contribution >= 0.6 is 15.6 Å². The van der Waals surface area contributed by atoms with Gasteiger partial charge in [0.05, 0.1) is 26.4 Å². The summed E-state index contributed by atoms with van der Waals surface area (Å²) in [5, 5.41) is 10.6. The van der Waals surface area contributed by atoms with Crippen molar-refractivity contribution in [3.05, 3.63) is 0 Å². The zero-order chi connectivity index (χ0) is 69.6. The molecule has 3 N–H and O–H groups in total. The average Bonchev–Trinajstić information content (AvgIpc) is 1.18. The van der Waals surface area contributed by atoms with Gasteiger partial charge >= 0.3 is 39.5 Å². The van der Waals surface area contributed by atoms with Crippen LogP contribution in [0.15, 0.2) is 0 Å². The lowest BCUT2D eigenvalue weighted by molar-refractivity contribution is -0.161. The third kappa shape index (κ3) is 64.7. The van der Waals surface area contributed by atoms with E-state index in [4.69, 9.17) is 37.0 Å². The highest BCUT2D eigenvalue weighted by atomic mass is 31.2. The molecule has 0 saturated heterocycles. The molecule has 0 bridgehead atoms. The standard InChI is InChI=1S/C75H146O17P2/c1-9-66(6)52-44-36-28-22-20-18-16-14-12-13-15-17-19-21-23-30-39-47-55-72(77)85-62-71(92-75(80)58-50-42-34-33-38-46-54-68(8)11-3)64-90-94(83,84)88-60-69(76)59-87-93(81,82)89-63-70(61-86-73(78)56-48-40-32-26-27-35-43-51-65(4)5)91-74(79)57-49-41-31-25-24-29-37-45-53-67(7)10-2/h65-71,76H,9-64H2,1-8H3,(H,81,82)(H,83,84)/t66?,67?,68?,69?,70-,71-/m1/s1. The number of rotatable bonds is 72. The average molecular weight is 1380 g/mol. The van der Waals surface area contributed by atoms with Gasteiger partial charge in [-0.25, -0.2) is 9.13 Å². The van der Waals surface area contributed by atoms with E-state index >= 15 is 0 Å². The third-order valence-corrected chi connectivity index (χ3v) is 20.3. The molecule has 0 aliphatic heterocycles. The van der Waals surface area contributed by atoms with Crippen LogP contribution in [-0.2, 0) is 65.4 Å². The number of esters is 4. The van der Waals surface area contributed by atoms with Crippen LogP contribution in [0, 0.1) is 23.7 Å². The summed E-state index contributed by atoms with van der Waals surface area (Å²) in [5.74, 6) is 0.939. The Balaban J connectivity index is 5.13. The Hall–Kier alpha value is -1.94. The molecule has 0 saturated carbocycles. The summed E-state index contributed by atoms with van der Waals surface area (Å²) in [6, 6.07) is 0. The highest BCUT2D eigenvalue weighted by molar-refractivity contribution is 7.47. The Morgan fingerprint density at radius 2 is 0.511 bits per heavy atom. The van der Waals surface area contributed by atoms with E-state index in [1.807, 2.05) is 0 Å². The molecular weight excluding hydrogens is 1230 g/mol. The van der Waals surface area contributed by atoms with Crippen LogP contribution in [-0.4, -0.2) is 96.7 Å². The van der Waals surface area contributed by atoms with Crippen molar-refractivity contribution in [2.75, 3.05) is 39.6 Å². The maximum atomic E-state index is 13.0. The highest BCUT2D eigenvalue weighted by Crippen LogP contribution is 2.45. The Labute approximate surface area is 575 Å². The van der Waals surface area contributed by atoms with Crippen LogP contribution in [0.3, 0.4) is 0 Å². The summed E-state index contributed by atoms with van der Waals surface area (Å²) in [4.78, 5) is 72.6. The summed E-state index contributed by atoms with van der Waals surface area (Å²) in [7, 11) is -9.91. The van der Waals surface area contributed by atoms with E-state index in [1.54, 1.807) is 0 Å². The maximum Gasteiger partial charge on any atom is 0.472 e. The van der Waals surface area contributed by atoms with E-state index in [9.17, 15) is 43.2 Å². The first-order valence-corrected chi connectivity index (χ1v) is 41.8. The van der Waals surface area contributed by atoms with Crippen LogP contribution in [0.5, 0.6) is 0 Å². The monoisotopic (exact) mass is 1380 g/mol. The molecule has 0 spiro atoms. The lowest BCUT2D eigenvalue weighted by Crippen LogP contribution is -2.30. The van der Waals surface area contributed by atoms with Gasteiger partial charge in [-0.2, -0.15) is 0 Å². The smallest absolute Gasteiger partial charge is 0.462 e. The molecule has 0 aliphatic rings. The fourth-order valence-corrected chi connectivity index (χ4v) is 12.9. The Kier molecular flexibility index (Phi) is 63.1. The lowest BCUT2D eigenvalue weighted by atomic mass is 9.99. The molecule has 0 amide bonds. The molecule has 8 atom stereocenters. The van der Waals surface area contributed by atoms with Gasteiger partial charge in [-0.3, -0.25) is 37.3 Å². The zero-order valence-corrected chi connectivity index (χ0v) is 63.4. The number of phosphoric ester groups is 2. The molecule has 19 heteroatoms. The van der Waals surface area contributed by atoms with Crippen molar-refractivity contribution in [1.82, 2.24) is 0 Å². The second-order valence-corrected chi connectivity index (χ2v) is 31.1. The number of carbonyl (C=O) groups is 4. The van der Waals surface area contributed by atoms with Crippen molar-refractivity contribution >= 4 is 39.5 Å². The Morgan fingerprint density at radius 1 is 0.298 bits per heavy atom. The number of unbranched alkanes of at least 4 members (excludes halogenated alkanes) is 35. The number of phosphoric acid groups is 2. The van der Waals surface area contributed by atoms with Gasteiger partial charge in [-0.15, -0.1) is 0 Å². The Bertz CT molecular complexity index is 1860. The minimum absolute atomic E-state index is 0.103. The second-order valence-electron chi connectivity index (χ2n) is 28.2. The van der Waals surface area contributed by atoms with Gasteiger partial charge in [0.1, 0.15) is 19.3 Å². The van der Waals surface area contributed by atoms with Crippen molar-refractivity contribution in [3.63, 3.8) is 0 Å². The van der Waals surface area contributed by atoms with Crippen molar-refractivity contribution < 1.29 is 80.2 Å². The minimum Gasteiger partial charge on any atom is -0.462 e. The van der Waals surface area contributed by atoms with E-state index in [1.165, 1.54) is 173 Å². The van der Waals surface area contributed by atoms with Crippen LogP contribution in [0.25, 0.3) is 0 Å². The first-order valence-electron chi connectivity index (χ1n) is 38.8. The fourth-order valence-electron chi connectivity index (χ4n) is 11.3. The molecule has 0 aliphatic carbocycles. The largest absolute Gasteiger partial charge is 0.472 e. The zero-order valence-electron chi connectivity index (χ0n) is 61.6. The summed E-state index contributed by atoms with van der Waals surface area (Å²) >= 11 is 0. The summed E-state index contributed by atoms with van der Waals surface area (Å²) in [6.45, 7) is 14.1. The van der Waals surface area contributed by atoms with Crippen molar-refractivity contribution in [2.24, 2.45) is 23.7 Å². The number of aliphatic hydroxyl groups is 1. The molecule has 17 nitrogen and oxygen atoms in total. The number of hydrogen-bond donors (Lipinski definition) is 3. The quantitative estimate of drug-likeness (QED) is 0.0222. The molecule has 0 fully saturated rings. The molecule has 0 rings (SSSR count). The predicted molar refractivity (Wildman–Crippen MR) is 381 cm³/mol. The molecule has 0 aromatic heterocycles. The van der Waals surface area contributed by atoms with Crippen molar-refractivity contribution in [3.8, 4) is 0 Å². The number of ether oxygens (including phenoxy) is 4. The number of hydrogen-bond acceptors (Lipinski definition) is 15. The maximum absolute atomic E-state index is 13.0. The predicted octanol–water partition coefficient (Wildman–Crippen LogP) is 21.7. The normalized spacial score (nSPS) is 15.0. The van der Waals surface area contributed by atoms with Crippen LogP contribution < -0.4 is 0 Å². The SMILES string of the molecule is CCC(C)CCCCCCCCCCCCCCCCCCCCC(=O)OC[C@H](COP(=O)(O)OCC(O)COP(=O)(O)OC[C@@H](COC(=O)CCCCCCCCCC(C)C)OC(=O)CCCCCCCCCCC(C)CC)OC(=O)CCCCCCCCC(C)CC. The molecule has 0 aromatic carbocycles. The van der Waals surface area contributed by atoms with E-state index in [0.29, 0.717) is 31.6 Å². The molecule has 0 radical (unpaired) electrons. The third-order valence-electron chi connectivity index (χ3n) is 18.4. The molecule has 558 valence electrons. The Morgan fingerprint density at radius 3 is 0.755 bits per heavy atom. The topological polar surface area (TPSA) is 237 Å². The van der Waals surface area contributed by atoms with Gasteiger partial charge in [0.2, 0.25) is 0 Å². The molecule has 0 heterocycles. The van der Waals surface area contributed by atoms with Gasteiger partial charge < -0.3 is 33.8 Å². The fraction of sp³-hybridized carbons (Fsp3) is 0.947. The second kappa shape index (κ2) is 64.4. The van der Waals surface area contributed by atoms with Crippen LogP contribution in [0.1, 0.15) is 376 Å². The van der Waals surface area contributed by atoms with Crippen LogP contribution in [0.4, 0.5) is 0 Å². The van der Waals surface area contributed by atoms with Crippen molar-refractivity contribution in [2.45, 2.75) is 395 Å². The van der Waals surface area contributed by atoms with Gasteiger partial charge in [0.15, 0.2) is 12.2 Å². The van der Waals surface area contributed by atoms with E-state index in [2.05, 4.69) is 55.4 Å². The lowest BCUT2D eigenvalue weighted by Gasteiger charge is -2.21. The van der Waals surface area contributed by atoms with Crippen molar-refractivity contribution in [1.29, 1.82) is 0 Å². The van der Waals surface area contributed by atoms with Crippen LogP contribution in [0.2, 0.25) is 0 Å².